The van der Waals surface area contributed by atoms with Gasteiger partial charge in [0.2, 0.25) is 11.8 Å². The van der Waals surface area contributed by atoms with Crippen LogP contribution in [0.1, 0.15) is 25.0 Å². The van der Waals surface area contributed by atoms with Gasteiger partial charge in [0.05, 0.1) is 15.3 Å². The first-order valence-corrected chi connectivity index (χ1v) is 8.33. The Labute approximate surface area is 137 Å². The van der Waals surface area contributed by atoms with Crippen molar-refractivity contribution in [1.82, 2.24) is 10.2 Å². The number of aliphatic hydroxyl groups excluding tert-OH is 1. The summed E-state index contributed by atoms with van der Waals surface area (Å²) in [6.45, 7) is 4.17. The van der Waals surface area contributed by atoms with Crippen LogP contribution in [0.5, 0.6) is 0 Å². The van der Waals surface area contributed by atoms with Gasteiger partial charge < -0.3 is 9.52 Å². The van der Waals surface area contributed by atoms with E-state index in [0.29, 0.717) is 21.8 Å². The van der Waals surface area contributed by atoms with E-state index in [1.807, 2.05) is 13.8 Å². The normalized spacial score (nSPS) is 14.1. The van der Waals surface area contributed by atoms with Crippen molar-refractivity contribution in [3.63, 3.8) is 0 Å². The van der Waals surface area contributed by atoms with E-state index >= 15 is 0 Å². The minimum atomic E-state index is 0.0722. The number of aliphatic hydroxyl groups is 1. The minimum Gasteiger partial charge on any atom is -0.420 e. The molecule has 0 amide bonds. The molecule has 2 aromatic rings. The topological polar surface area (TPSA) is 59.2 Å². The van der Waals surface area contributed by atoms with Crippen LogP contribution in [0.25, 0.3) is 11.5 Å². The Morgan fingerprint density at radius 1 is 1.24 bits per heavy atom. The molecule has 2 atom stereocenters. The van der Waals surface area contributed by atoms with Gasteiger partial charge in [-0.3, -0.25) is 0 Å². The summed E-state index contributed by atoms with van der Waals surface area (Å²) in [6, 6.07) is 5.19. The highest BCUT2D eigenvalue weighted by atomic mass is 35.5. The molecule has 1 aromatic heterocycles. The molecular weight excluding hydrogens is 331 g/mol. The van der Waals surface area contributed by atoms with Gasteiger partial charge >= 0.3 is 0 Å². The number of halogens is 2. The van der Waals surface area contributed by atoms with Crippen LogP contribution in [-0.4, -0.2) is 27.7 Å². The lowest BCUT2D eigenvalue weighted by atomic mass is 10.2. The monoisotopic (exact) mass is 346 g/mol. The fourth-order valence-electron chi connectivity index (χ4n) is 1.58. The quantitative estimate of drug-likeness (QED) is 0.836. The number of benzene rings is 1. The van der Waals surface area contributed by atoms with Crippen LogP contribution >= 0.6 is 35.0 Å². The second-order valence-corrected chi connectivity index (χ2v) is 7.03. The van der Waals surface area contributed by atoms with Crippen LogP contribution in [0.3, 0.4) is 0 Å². The molecule has 0 aliphatic rings. The van der Waals surface area contributed by atoms with E-state index < -0.39 is 0 Å². The molecule has 2 rings (SSSR count). The minimum absolute atomic E-state index is 0.0722. The van der Waals surface area contributed by atoms with Crippen molar-refractivity contribution in [1.29, 1.82) is 0 Å². The number of nitrogens with zero attached hydrogens (tertiary/aromatic N) is 2. The summed E-state index contributed by atoms with van der Waals surface area (Å²) >= 11 is 13.5. The van der Waals surface area contributed by atoms with Gasteiger partial charge in [0.25, 0.3) is 0 Å². The lowest BCUT2D eigenvalue weighted by Crippen LogP contribution is -2.04. The molecule has 1 aromatic carbocycles. The predicted octanol–water partition coefficient (Wildman–Crippen LogP) is 4.47. The fourth-order valence-corrected chi connectivity index (χ4v) is 2.84. The maximum absolute atomic E-state index is 9.03. The standard InChI is InChI=1S/C14H16Cl2N2O2S/c1-8(6-19)7-21-9(2)13-17-18-14(20-13)10-3-4-11(15)12(16)5-10/h3-5,8-9,19H,6-7H2,1-2H3. The molecule has 0 radical (unpaired) electrons. The van der Waals surface area contributed by atoms with Crippen LogP contribution in [0, 0.1) is 5.92 Å². The van der Waals surface area contributed by atoms with Gasteiger partial charge in [0, 0.05) is 12.2 Å². The third-order valence-electron chi connectivity index (χ3n) is 2.90. The molecule has 1 heterocycles. The maximum Gasteiger partial charge on any atom is 0.247 e. The van der Waals surface area contributed by atoms with Crippen LogP contribution in [0.2, 0.25) is 10.0 Å². The van der Waals surface area contributed by atoms with E-state index in [1.54, 1.807) is 30.0 Å². The lowest BCUT2D eigenvalue weighted by molar-refractivity contribution is 0.250. The Kier molecular flexibility index (Phi) is 5.93. The molecule has 0 spiro atoms. The number of thioether (sulfide) groups is 1. The van der Waals surface area contributed by atoms with Crippen LogP contribution < -0.4 is 0 Å². The van der Waals surface area contributed by atoms with Crippen molar-refractivity contribution in [2.45, 2.75) is 19.1 Å². The van der Waals surface area contributed by atoms with Gasteiger partial charge in [0.1, 0.15) is 0 Å². The van der Waals surface area contributed by atoms with Crippen molar-refractivity contribution < 1.29 is 9.52 Å². The summed E-state index contributed by atoms with van der Waals surface area (Å²) in [7, 11) is 0. The molecule has 0 fully saturated rings. The van der Waals surface area contributed by atoms with Gasteiger partial charge in [-0.25, -0.2) is 0 Å². The van der Waals surface area contributed by atoms with E-state index in [9.17, 15) is 0 Å². The first-order chi connectivity index (χ1) is 10.0. The average Bonchev–Trinajstić information content (AvgIpc) is 2.97. The lowest BCUT2D eigenvalue weighted by Gasteiger charge is -2.10. The van der Waals surface area contributed by atoms with Crippen molar-refractivity contribution in [2.24, 2.45) is 5.92 Å². The van der Waals surface area contributed by atoms with Gasteiger partial charge in [-0.2, -0.15) is 0 Å². The van der Waals surface area contributed by atoms with Crippen molar-refractivity contribution in [3.05, 3.63) is 34.1 Å². The molecule has 4 nitrogen and oxygen atoms in total. The maximum atomic E-state index is 9.03. The molecular formula is C14H16Cl2N2O2S. The van der Waals surface area contributed by atoms with Crippen molar-refractivity contribution in [2.75, 3.05) is 12.4 Å². The van der Waals surface area contributed by atoms with Gasteiger partial charge in [-0.15, -0.1) is 22.0 Å². The Morgan fingerprint density at radius 2 is 2.00 bits per heavy atom. The van der Waals surface area contributed by atoms with Crippen LogP contribution in [-0.2, 0) is 0 Å². The largest absolute Gasteiger partial charge is 0.420 e. The molecule has 7 heteroatoms. The summed E-state index contributed by atoms with van der Waals surface area (Å²) < 4.78 is 5.69. The summed E-state index contributed by atoms with van der Waals surface area (Å²) in [5.41, 5.74) is 0.740. The smallest absolute Gasteiger partial charge is 0.247 e. The first kappa shape index (κ1) is 16.6. The van der Waals surface area contributed by atoms with Gasteiger partial charge in [-0.05, 0) is 36.8 Å². The number of hydrogen-bond acceptors (Lipinski definition) is 5. The third-order valence-corrected chi connectivity index (χ3v) is 5.10. The predicted molar refractivity (Wildman–Crippen MR) is 86.9 cm³/mol. The summed E-state index contributed by atoms with van der Waals surface area (Å²) in [5.74, 6) is 2.06. The Hall–Kier alpha value is -0.750. The van der Waals surface area contributed by atoms with Crippen molar-refractivity contribution >= 4 is 35.0 Å². The van der Waals surface area contributed by atoms with E-state index in [1.165, 1.54) is 0 Å². The highest BCUT2D eigenvalue weighted by Crippen LogP contribution is 2.32. The van der Waals surface area contributed by atoms with Crippen LogP contribution in [0.4, 0.5) is 0 Å². The fraction of sp³-hybridized carbons (Fsp3) is 0.429. The highest BCUT2D eigenvalue weighted by Gasteiger charge is 2.17. The molecule has 0 aliphatic heterocycles. The zero-order valence-electron chi connectivity index (χ0n) is 11.7. The van der Waals surface area contributed by atoms with Gasteiger partial charge in [-0.1, -0.05) is 30.1 Å². The SMILES string of the molecule is CC(CO)CSC(C)c1nnc(-c2ccc(Cl)c(Cl)c2)o1. The molecule has 1 N–H and O–H groups in total. The number of aromatic nitrogens is 2. The van der Waals surface area contributed by atoms with Crippen molar-refractivity contribution in [3.8, 4) is 11.5 Å². The second kappa shape index (κ2) is 7.49. The van der Waals surface area contributed by atoms with Crippen LogP contribution in [0.15, 0.2) is 22.6 Å². The second-order valence-electron chi connectivity index (χ2n) is 4.84. The average molecular weight is 347 g/mol. The van der Waals surface area contributed by atoms with Gasteiger partial charge in [0.15, 0.2) is 0 Å². The highest BCUT2D eigenvalue weighted by molar-refractivity contribution is 7.99. The Balaban J connectivity index is 2.08. The molecule has 0 saturated heterocycles. The number of hydrogen-bond donors (Lipinski definition) is 1. The van der Waals surface area contributed by atoms with E-state index in [2.05, 4.69) is 10.2 Å². The molecule has 0 bridgehead atoms. The summed E-state index contributed by atoms with van der Waals surface area (Å²) in [4.78, 5) is 0. The zero-order chi connectivity index (χ0) is 15.4. The van der Waals surface area contributed by atoms with E-state index in [0.717, 1.165) is 11.3 Å². The Bertz CT molecular complexity index is 606. The summed E-state index contributed by atoms with van der Waals surface area (Å²) in [5, 5.41) is 18.2. The third kappa shape index (κ3) is 4.36. The van der Waals surface area contributed by atoms with E-state index in [-0.39, 0.29) is 17.8 Å². The first-order valence-electron chi connectivity index (χ1n) is 6.52. The summed E-state index contributed by atoms with van der Waals surface area (Å²) in [6.07, 6.45) is 0. The van der Waals surface area contributed by atoms with E-state index in [4.69, 9.17) is 32.7 Å². The molecule has 21 heavy (non-hydrogen) atoms. The molecule has 2 unspecified atom stereocenters. The molecule has 114 valence electrons. The zero-order valence-corrected chi connectivity index (χ0v) is 14.0. The Morgan fingerprint density at radius 3 is 2.67 bits per heavy atom. The molecule has 0 saturated carbocycles. The number of rotatable bonds is 6. The molecule has 0 aliphatic carbocycles.